The summed E-state index contributed by atoms with van der Waals surface area (Å²) in [4.78, 5) is 0. The van der Waals surface area contributed by atoms with Crippen molar-refractivity contribution in [2.75, 3.05) is 6.61 Å². The lowest BCUT2D eigenvalue weighted by Crippen LogP contribution is -2.11. The predicted molar refractivity (Wildman–Crippen MR) is 81.9 cm³/mol. The van der Waals surface area contributed by atoms with Crippen LogP contribution in [0.1, 0.15) is 50.5 Å². The summed E-state index contributed by atoms with van der Waals surface area (Å²) >= 11 is 5.65. The molecule has 0 aromatic heterocycles. The van der Waals surface area contributed by atoms with Gasteiger partial charge in [-0.3, -0.25) is 0 Å². The summed E-state index contributed by atoms with van der Waals surface area (Å²) < 4.78 is 5.62. The lowest BCUT2D eigenvalue weighted by Gasteiger charge is -2.27. The predicted octanol–water partition coefficient (Wildman–Crippen LogP) is 5.50. The smallest absolute Gasteiger partial charge is 0.119 e. The van der Waals surface area contributed by atoms with E-state index < -0.39 is 0 Å². The summed E-state index contributed by atoms with van der Waals surface area (Å²) in [6.07, 6.45) is 8.23. The van der Waals surface area contributed by atoms with Gasteiger partial charge in [0.25, 0.3) is 0 Å². The second-order valence-corrected chi connectivity index (χ2v) is 5.60. The third-order valence-corrected chi connectivity index (χ3v) is 4.09. The minimum absolute atomic E-state index is 0.681. The Labute approximate surface area is 121 Å². The number of allylic oxidation sites excluding steroid dienone is 1. The van der Waals surface area contributed by atoms with Gasteiger partial charge >= 0.3 is 0 Å². The Kier molecular flexibility index (Phi) is 5.78. The fourth-order valence-electron chi connectivity index (χ4n) is 2.80. The summed E-state index contributed by atoms with van der Waals surface area (Å²) in [5, 5.41) is 0. The molecule has 0 radical (unpaired) electrons. The van der Waals surface area contributed by atoms with E-state index in [1.807, 2.05) is 0 Å². The van der Waals surface area contributed by atoms with E-state index in [9.17, 15) is 0 Å². The lowest BCUT2D eigenvalue weighted by molar-refractivity contribution is 0.317. The van der Waals surface area contributed by atoms with Gasteiger partial charge in [-0.05, 0) is 61.6 Å². The summed E-state index contributed by atoms with van der Waals surface area (Å²) in [7, 11) is 0. The van der Waals surface area contributed by atoms with Gasteiger partial charge in [-0.25, -0.2) is 0 Å². The monoisotopic (exact) mass is 278 g/mol. The highest BCUT2D eigenvalue weighted by Gasteiger charge is 2.20. The van der Waals surface area contributed by atoms with Gasteiger partial charge in [0.15, 0.2) is 0 Å². The molecule has 0 atom stereocenters. The van der Waals surface area contributed by atoms with Crippen molar-refractivity contribution in [1.29, 1.82) is 0 Å². The van der Waals surface area contributed by atoms with Crippen LogP contribution in [-0.2, 0) is 0 Å². The zero-order valence-corrected chi connectivity index (χ0v) is 12.4. The number of ether oxygens (including phenoxy) is 1. The van der Waals surface area contributed by atoms with Crippen molar-refractivity contribution in [3.8, 4) is 5.75 Å². The number of hydrogen-bond acceptors (Lipinski definition) is 1. The molecule has 2 heteroatoms. The first kappa shape index (κ1) is 14.5. The molecule has 1 aromatic rings. The quantitative estimate of drug-likeness (QED) is 0.691. The first-order chi connectivity index (χ1) is 9.33. The van der Waals surface area contributed by atoms with Gasteiger partial charge in [-0.2, -0.15) is 0 Å². The second kappa shape index (κ2) is 7.59. The van der Waals surface area contributed by atoms with Gasteiger partial charge in [0.2, 0.25) is 0 Å². The Bertz CT molecular complexity index is 388. The van der Waals surface area contributed by atoms with Crippen LogP contribution in [0.2, 0.25) is 0 Å². The van der Waals surface area contributed by atoms with Crippen LogP contribution in [0, 0.1) is 5.92 Å². The molecule has 0 aliphatic heterocycles. The van der Waals surface area contributed by atoms with E-state index in [-0.39, 0.29) is 0 Å². The van der Waals surface area contributed by atoms with Gasteiger partial charge in [0, 0.05) is 5.54 Å². The van der Waals surface area contributed by atoms with Crippen molar-refractivity contribution < 1.29 is 4.74 Å². The molecule has 19 heavy (non-hydrogen) atoms. The maximum Gasteiger partial charge on any atom is 0.119 e. The number of benzene rings is 1. The minimum Gasteiger partial charge on any atom is -0.494 e. The highest BCUT2D eigenvalue weighted by molar-refractivity contribution is 6.25. The first-order valence-electron chi connectivity index (χ1n) is 7.33. The second-order valence-electron chi connectivity index (χ2n) is 5.35. The third kappa shape index (κ3) is 4.28. The molecule has 0 saturated heterocycles. The van der Waals surface area contributed by atoms with Crippen LogP contribution in [0.5, 0.6) is 5.75 Å². The van der Waals surface area contributed by atoms with Crippen LogP contribution in [0.25, 0.3) is 0 Å². The zero-order valence-electron chi connectivity index (χ0n) is 11.6. The van der Waals surface area contributed by atoms with Crippen molar-refractivity contribution in [2.24, 2.45) is 5.92 Å². The molecule has 1 aliphatic rings. The minimum atomic E-state index is 0.681. The SMILES string of the molecule is CCCOc1ccc(C2CCC(C=CCl)CC2)cc1. The Hall–Kier alpha value is -0.950. The van der Waals surface area contributed by atoms with Gasteiger partial charge in [-0.15, -0.1) is 0 Å². The lowest BCUT2D eigenvalue weighted by atomic mass is 9.79. The Morgan fingerprint density at radius 2 is 1.84 bits per heavy atom. The topological polar surface area (TPSA) is 9.23 Å². The molecule has 0 spiro atoms. The Balaban J connectivity index is 1.89. The first-order valence-corrected chi connectivity index (χ1v) is 7.76. The van der Waals surface area contributed by atoms with E-state index in [0.29, 0.717) is 11.8 Å². The van der Waals surface area contributed by atoms with Crippen molar-refractivity contribution in [3.63, 3.8) is 0 Å². The van der Waals surface area contributed by atoms with Crippen LogP contribution in [0.15, 0.2) is 35.9 Å². The maximum absolute atomic E-state index is 5.65. The van der Waals surface area contributed by atoms with Gasteiger partial charge in [-0.1, -0.05) is 36.7 Å². The molecule has 0 heterocycles. The summed E-state index contributed by atoms with van der Waals surface area (Å²) in [6.45, 7) is 2.93. The van der Waals surface area contributed by atoms with Crippen LogP contribution in [0.4, 0.5) is 0 Å². The average molecular weight is 279 g/mol. The molecule has 0 unspecified atom stereocenters. The van der Waals surface area contributed by atoms with Gasteiger partial charge in [0.05, 0.1) is 6.61 Å². The van der Waals surface area contributed by atoms with Gasteiger partial charge < -0.3 is 4.74 Å². The number of rotatable bonds is 5. The van der Waals surface area contributed by atoms with Crippen LogP contribution < -0.4 is 4.74 Å². The Morgan fingerprint density at radius 3 is 2.42 bits per heavy atom. The number of hydrogen-bond donors (Lipinski definition) is 0. The standard InChI is InChI=1S/C17H23ClO/c1-2-13-19-17-9-7-16(8-10-17)15-5-3-14(4-6-15)11-12-18/h7-12,14-15H,2-6,13H2,1H3. The molecular formula is C17H23ClO. The molecule has 0 N–H and O–H groups in total. The van der Waals surface area contributed by atoms with Crippen LogP contribution >= 0.6 is 11.6 Å². The molecule has 1 aliphatic carbocycles. The van der Waals surface area contributed by atoms with E-state index >= 15 is 0 Å². The highest BCUT2D eigenvalue weighted by atomic mass is 35.5. The third-order valence-electron chi connectivity index (χ3n) is 3.94. The van der Waals surface area contributed by atoms with Crippen molar-refractivity contribution in [3.05, 3.63) is 41.4 Å². The van der Waals surface area contributed by atoms with Crippen molar-refractivity contribution in [1.82, 2.24) is 0 Å². The molecule has 1 nitrogen and oxygen atoms in total. The fraction of sp³-hybridized carbons (Fsp3) is 0.529. The van der Waals surface area contributed by atoms with Crippen LogP contribution in [0.3, 0.4) is 0 Å². The molecular weight excluding hydrogens is 256 g/mol. The van der Waals surface area contributed by atoms with E-state index in [4.69, 9.17) is 16.3 Å². The fourth-order valence-corrected chi connectivity index (χ4v) is 3.01. The van der Waals surface area contributed by atoms with Crippen molar-refractivity contribution in [2.45, 2.75) is 44.9 Å². The van der Waals surface area contributed by atoms with E-state index in [0.717, 1.165) is 18.8 Å². The largest absolute Gasteiger partial charge is 0.494 e. The molecule has 1 aromatic carbocycles. The molecule has 104 valence electrons. The molecule has 2 rings (SSSR count). The molecule has 0 amide bonds. The molecule has 0 bridgehead atoms. The molecule has 1 saturated carbocycles. The van der Waals surface area contributed by atoms with E-state index in [2.05, 4.69) is 37.3 Å². The Morgan fingerprint density at radius 1 is 1.16 bits per heavy atom. The summed E-state index contributed by atoms with van der Waals surface area (Å²) in [5.41, 5.74) is 3.13. The number of halogens is 1. The van der Waals surface area contributed by atoms with Crippen LogP contribution in [-0.4, -0.2) is 6.61 Å². The average Bonchev–Trinajstić information content (AvgIpc) is 2.47. The zero-order chi connectivity index (χ0) is 13.5. The summed E-state index contributed by atoms with van der Waals surface area (Å²) in [6, 6.07) is 8.67. The highest BCUT2D eigenvalue weighted by Crippen LogP contribution is 2.36. The summed E-state index contributed by atoms with van der Waals surface area (Å²) in [5.74, 6) is 2.38. The van der Waals surface area contributed by atoms with E-state index in [1.54, 1.807) is 5.54 Å². The normalized spacial score (nSPS) is 23.7. The molecule has 1 fully saturated rings. The van der Waals surface area contributed by atoms with E-state index in [1.165, 1.54) is 31.2 Å². The maximum atomic E-state index is 5.65. The van der Waals surface area contributed by atoms with Gasteiger partial charge in [0.1, 0.15) is 5.75 Å². The van der Waals surface area contributed by atoms with Crippen molar-refractivity contribution >= 4 is 11.6 Å².